The summed E-state index contributed by atoms with van der Waals surface area (Å²) < 4.78 is 36.6. The lowest BCUT2D eigenvalue weighted by Gasteiger charge is -2.58. The summed E-state index contributed by atoms with van der Waals surface area (Å²) in [5, 5.41) is 0. The van der Waals surface area contributed by atoms with Crippen LogP contribution in [0, 0.1) is 46.3 Å². The fourth-order valence-corrected chi connectivity index (χ4v) is 14.0. The van der Waals surface area contributed by atoms with Gasteiger partial charge in [-0.05, 0) is 163 Å². The van der Waals surface area contributed by atoms with Crippen LogP contribution in [0.2, 0.25) is 0 Å². The van der Waals surface area contributed by atoms with Gasteiger partial charge in [-0.2, -0.15) is 0 Å². The number of rotatable bonds is 38. The van der Waals surface area contributed by atoms with Crippen molar-refractivity contribution in [2.45, 2.75) is 227 Å². The molecule has 0 aromatic carbocycles. The van der Waals surface area contributed by atoms with E-state index in [1.807, 2.05) is 0 Å². The van der Waals surface area contributed by atoms with Crippen LogP contribution in [0.5, 0.6) is 0 Å². The number of hydrogen-bond acceptors (Lipinski definition) is 7. The van der Waals surface area contributed by atoms with Gasteiger partial charge >= 0.3 is 0 Å². The summed E-state index contributed by atoms with van der Waals surface area (Å²) in [5.41, 5.74) is 2.66. The van der Waals surface area contributed by atoms with Gasteiger partial charge in [0.05, 0.1) is 71.7 Å². The summed E-state index contributed by atoms with van der Waals surface area (Å²) in [6.45, 7) is 25.7. The normalized spacial score (nSPS) is 29.5. The molecule has 0 radical (unpaired) electrons. The fourth-order valence-electron chi connectivity index (χ4n) is 14.0. The maximum Gasteiger partial charge on any atom is 0.0936 e. The SMILES string of the molecule is CCCCCC=CCC=CCCCCCCCCOCC(CN1CCCC1C)OCCOCCOCCOCCO[C@H]1CC[C@@]2(C)C(=CC[C@H]3[C@H]4CC[C@H]([C@@H](C)CCCC(C)C)[C@@]4(C)CC[C@H]32)C1. The van der Waals surface area contributed by atoms with Crippen molar-refractivity contribution in [1.82, 2.24) is 4.90 Å². The lowest BCUT2D eigenvalue weighted by Crippen LogP contribution is -2.51. The van der Waals surface area contributed by atoms with Crippen LogP contribution in [0.25, 0.3) is 0 Å². The van der Waals surface area contributed by atoms with Crippen LogP contribution in [0.1, 0.15) is 209 Å². The lowest BCUT2D eigenvalue weighted by molar-refractivity contribution is -0.0697. The first-order valence-corrected chi connectivity index (χ1v) is 29.4. The molecule has 5 rings (SSSR count). The number of hydrogen-bond donors (Lipinski definition) is 0. The highest BCUT2D eigenvalue weighted by atomic mass is 16.6. The van der Waals surface area contributed by atoms with Crippen LogP contribution in [-0.4, -0.2) is 102 Å². The molecule has 2 unspecified atom stereocenters. The fraction of sp³-hybridized carbons (Fsp3) is 0.902. The van der Waals surface area contributed by atoms with Crippen molar-refractivity contribution in [3.8, 4) is 0 Å². The van der Waals surface area contributed by atoms with Gasteiger partial charge in [0, 0.05) is 19.2 Å². The standard InChI is InChI=1S/C61H109NO6/c1-8-9-10-11-12-13-14-15-16-17-18-19-20-21-22-23-38-66-49-55(48-62-37-25-28-52(62)5)68-46-44-65-42-40-63-39-41-64-43-45-67-54-33-35-60(6)53(47-54)29-30-56-58-32-31-57(51(4)27-24-26-50(2)3)61(58,7)36-34-59(56)60/h12-13,15-16,29,50-52,54-59H,8-11,14,17-28,30-49H2,1-7H3/t51-,52?,54-,55?,56-,57+,58+,59+,60-,61+/m0/s1. The van der Waals surface area contributed by atoms with E-state index >= 15 is 0 Å². The number of ether oxygens (including phenoxy) is 6. The third-order valence-electron chi connectivity index (χ3n) is 18.1. The average Bonchev–Trinajstić information content (AvgIpc) is 3.91. The van der Waals surface area contributed by atoms with Gasteiger partial charge in [-0.25, -0.2) is 0 Å². The van der Waals surface area contributed by atoms with Crippen molar-refractivity contribution < 1.29 is 28.4 Å². The van der Waals surface area contributed by atoms with Crippen LogP contribution in [0.3, 0.4) is 0 Å². The Balaban J connectivity index is 0.839. The van der Waals surface area contributed by atoms with Crippen LogP contribution >= 0.6 is 0 Å². The second kappa shape index (κ2) is 32.9. The quantitative estimate of drug-likeness (QED) is 0.0451. The van der Waals surface area contributed by atoms with Gasteiger partial charge in [0.15, 0.2) is 0 Å². The van der Waals surface area contributed by atoms with Gasteiger partial charge in [0.2, 0.25) is 0 Å². The van der Waals surface area contributed by atoms with Gasteiger partial charge < -0.3 is 28.4 Å². The smallest absolute Gasteiger partial charge is 0.0936 e. The molecular formula is C61H109NO6. The summed E-state index contributed by atoms with van der Waals surface area (Å²) in [4.78, 5) is 2.56. The highest BCUT2D eigenvalue weighted by Crippen LogP contribution is 2.67. The molecular weight excluding hydrogens is 843 g/mol. The first-order chi connectivity index (χ1) is 33.2. The summed E-state index contributed by atoms with van der Waals surface area (Å²) in [6, 6.07) is 0.627. The molecule has 10 atom stereocenters. The van der Waals surface area contributed by atoms with E-state index in [-0.39, 0.29) is 6.10 Å². The van der Waals surface area contributed by atoms with Crippen LogP contribution in [0.4, 0.5) is 0 Å². The molecule has 0 spiro atoms. The predicted octanol–water partition coefficient (Wildman–Crippen LogP) is 15.2. The summed E-state index contributed by atoms with van der Waals surface area (Å²) in [5.74, 6) is 5.33. The second-order valence-corrected chi connectivity index (χ2v) is 23.5. The van der Waals surface area contributed by atoms with E-state index in [1.54, 1.807) is 5.57 Å². The Morgan fingerprint density at radius 1 is 0.676 bits per heavy atom. The van der Waals surface area contributed by atoms with Crippen molar-refractivity contribution >= 4 is 0 Å². The third-order valence-corrected chi connectivity index (χ3v) is 18.1. The number of likely N-dealkylation sites (tertiary alicyclic amines) is 1. The molecule has 394 valence electrons. The third kappa shape index (κ3) is 19.4. The maximum atomic E-state index is 6.45. The van der Waals surface area contributed by atoms with E-state index in [9.17, 15) is 0 Å². The van der Waals surface area contributed by atoms with Crippen molar-refractivity contribution in [2.24, 2.45) is 46.3 Å². The second-order valence-electron chi connectivity index (χ2n) is 23.5. The van der Waals surface area contributed by atoms with Crippen LogP contribution in [-0.2, 0) is 28.4 Å². The summed E-state index contributed by atoms with van der Waals surface area (Å²) in [6.07, 6.45) is 45.2. The van der Waals surface area contributed by atoms with Crippen molar-refractivity contribution in [3.05, 3.63) is 36.0 Å². The van der Waals surface area contributed by atoms with Gasteiger partial charge in [-0.3, -0.25) is 4.90 Å². The van der Waals surface area contributed by atoms with Crippen molar-refractivity contribution in [2.75, 3.05) is 79.2 Å². The molecule has 0 aromatic heterocycles. The van der Waals surface area contributed by atoms with E-state index in [0.717, 1.165) is 74.5 Å². The Morgan fingerprint density at radius 2 is 1.37 bits per heavy atom. The summed E-state index contributed by atoms with van der Waals surface area (Å²) >= 11 is 0. The first kappa shape index (κ1) is 57.8. The molecule has 1 aliphatic heterocycles. The molecule has 68 heavy (non-hydrogen) atoms. The lowest BCUT2D eigenvalue weighted by atomic mass is 9.47. The van der Waals surface area contributed by atoms with Crippen LogP contribution < -0.4 is 0 Å². The zero-order chi connectivity index (χ0) is 48.3. The van der Waals surface area contributed by atoms with E-state index in [2.05, 4.69) is 83.7 Å². The van der Waals surface area contributed by atoms with Crippen LogP contribution in [0.15, 0.2) is 36.0 Å². The zero-order valence-corrected chi connectivity index (χ0v) is 45.6. The highest BCUT2D eigenvalue weighted by Gasteiger charge is 2.59. The van der Waals surface area contributed by atoms with Crippen molar-refractivity contribution in [1.29, 1.82) is 0 Å². The molecule has 3 saturated carbocycles. The predicted molar refractivity (Wildman–Crippen MR) is 285 cm³/mol. The minimum absolute atomic E-state index is 0.0864. The highest BCUT2D eigenvalue weighted by molar-refractivity contribution is 5.25. The number of nitrogens with zero attached hydrogens (tertiary/aromatic N) is 1. The minimum Gasteiger partial charge on any atom is -0.379 e. The molecule has 7 heteroatoms. The van der Waals surface area contributed by atoms with Gasteiger partial charge in [-0.15, -0.1) is 0 Å². The molecule has 4 fully saturated rings. The minimum atomic E-state index is 0.0864. The molecule has 4 aliphatic carbocycles. The van der Waals surface area contributed by atoms with E-state index < -0.39 is 0 Å². The number of unbranched alkanes of at least 4 members (excludes halogenated alkanes) is 9. The number of fused-ring (bicyclic) bond motifs is 5. The molecule has 0 bridgehead atoms. The van der Waals surface area contributed by atoms with E-state index in [0.29, 0.717) is 82.4 Å². The summed E-state index contributed by atoms with van der Waals surface area (Å²) in [7, 11) is 0. The number of allylic oxidation sites excluding steroid dienone is 5. The molecule has 1 saturated heterocycles. The molecule has 5 aliphatic rings. The average molecular weight is 953 g/mol. The molecule has 0 aromatic rings. The Kier molecular flexibility index (Phi) is 28.0. The molecule has 0 N–H and O–H groups in total. The first-order valence-electron chi connectivity index (χ1n) is 29.4. The Morgan fingerprint density at radius 3 is 2.07 bits per heavy atom. The maximum absolute atomic E-state index is 6.45. The Labute approximate surface area is 420 Å². The molecule has 0 amide bonds. The monoisotopic (exact) mass is 952 g/mol. The van der Waals surface area contributed by atoms with Gasteiger partial charge in [-0.1, -0.05) is 135 Å². The zero-order valence-electron chi connectivity index (χ0n) is 45.6. The Hall–Kier alpha value is -1.06. The molecule has 7 nitrogen and oxygen atoms in total. The largest absolute Gasteiger partial charge is 0.379 e. The van der Waals surface area contributed by atoms with Gasteiger partial charge in [0.25, 0.3) is 0 Å². The van der Waals surface area contributed by atoms with Gasteiger partial charge in [0.1, 0.15) is 0 Å². The van der Waals surface area contributed by atoms with E-state index in [4.69, 9.17) is 28.4 Å². The van der Waals surface area contributed by atoms with E-state index in [1.165, 1.54) is 141 Å². The topological polar surface area (TPSA) is 58.6 Å². The Bertz CT molecular complexity index is 1400. The van der Waals surface area contributed by atoms with Crippen molar-refractivity contribution in [3.63, 3.8) is 0 Å². The molecule has 1 heterocycles.